The largest absolute Gasteiger partial charge is 0.478 e. The van der Waals surface area contributed by atoms with E-state index >= 15 is 0 Å². The van der Waals surface area contributed by atoms with Crippen LogP contribution in [-0.4, -0.2) is 25.7 Å². The van der Waals surface area contributed by atoms with Gasteiger partial charge in [0.2, 0.25) is 0 Å². The van der Waals surface area contributed by atoms with Gasteiger partial charge in [-0.2, -0.15) is 13.2 Å². The average molecular weight is 305 g/mol. The van der Waals surface area contributed by atoms with Crippen molar-refractivity contribution in [3.8, 4) is 5.75 Å². The third-order valence-electron chi connectivity index (χ3n) is 2.77. The summed E-state index contributed by atoms with van der Waals surface area (Å²) in [5.41, 5.74) is -0.420. The molecule has 0 saturated carbocycles. The molecule has 0 saturated heterocycles. The minimum atomic E-state index is -4.56. The van der Waals surface area contributed by atoms with E-state index in [-0.39, 0.29) is 5.75 Å². The van der Waals surface area contributed by atoms with E-state index in [0.29, 0.717) is 18.7 Å². The van der Waals surface area contributed by atoms with Gasteiger partial charge in [0.05, 0.1) is 12.7 Å². The summed E-state index contributed by atoms with van der Waals surface area (Å²) in [5, 5.41) is 2.95. The zero-order valence-corrected chi connectivity index (χ0v) is 12.1. The predicted octanol–water partition coefficient (Wildman–Crippen LogP) is 2.76. The van der Waals surface area contributed by atoms with Crippen LogP contribution >= 0.6 is 0 Å². The molecule has 7 heteroatoms. The lowest BCUT2D eigenvalue weighted by atomic mass is 10.1. The van der Waals surface area contributed by atoms with E-state index in [1.54, 1.807) is 0 Å². The molecule has 1 atom stereocenters. The van der Waals surface area contributed by atoms with Crippen molar-refractivity contribution in [1.29, 1.82) is 0 Å². The Morgan fingerprint density at radius 2 is 2.05 bits per heavy atom. The number of hydrogen-bond acceptors (Lipinski definition) is 4. The number of benzene rings is 1. The summed E-state index contributed by atoms with van der Waals surface area (Å²) in [6.45, 7) is 4.17. The van der Waals surface area contributed by atoms with Crippen molar-refractivity contribution in [3.63, 3.8) is 0 Å². The first-order valence-electron chi connectivity index (χ1n) is 6.45. The minimum absolute atomic E-state index is 0.326. The Hall–Kier alpha value is -1.76. The highest BCUT2D eigenvalue weighted by atomic mass is 19.4. The Morgan fingerprint density at radius 3 is 2.57 bits per heavy atom. The van der Waals surface area contributed by atoms with Gasteiger partial charge in [-0.05, 0) is 31.2 Å². The lowest BCUT2D eigenvalue weighted by Gasteiger charge is -2.18. The number of halogens is 3. The second-order valence-electron chi connectivity index (χ2n) is 4.39. The molecule has 0 spiro atoms. The predicted molar refractivity (Wildman–Crippen MR) is 70.9 cm³/mol. The standard InChI is InChI=1S/C14H18F3NO3/c1-4-18-8-10-5-6-12(11(7-10)14(15,16)17)21-9(2)13(19)20-3/h5-7,9,18H,4,8H2,1-3H3. The molecular weight excluding hydrogens is 287 g/mol. The van der Waals surface area contributed by atoms with Crippen molar-refractivity contribution in [2.45, 2.75) is 32.7 Å². The third-order valence-corrected chi connectivity index (χ3v) is 2.77. The number of rotatable bonds is 6. The van der Waals surface area contributed by atoms with Gasteiger partial charge in [0.15, 0.2) is 6.10 Å². The number of alkyl halides is 3. The Morgan fingerprint density at radius 1 is 1.38 bits per heavy atom. The summed E-state index contributed by atoms with van der Waals surface area (Å²) < 4.78 is 48.7. The van der Waals surface area contributed by atoms with E-state index in [4.69, 9.17) is 4.74 Å². The van der Waals surface area contributed by atoms with Gasteiger partial charge in [0.25, 0.3) is 0 Å². The first kappa shape index (κ1) is 17.3. The zero-order valence-electron chi connectivity index (χ0n) is 12.1. The molecule has 0 aliphatic heterocycles. The number of carbonyl (C=O) groups is 1. The Bertz CT molecular complexity index is 489. The number of ether oxygens (including phenoxy) is 2. The SMILES string of the molecule is CCNCc1ccc(OC(C)C(=O)OC)c(C(F)(F)F)c1. The maximum absolute atomic E-state index is 13.1. The molecule has 1 N–H and O–H groups in total. The molecule has 118 valence electrons. The first-order valence-corrected chi connectivity index (χ1v) is 6.45. The molecule has 1 aromatic carbocycles. The van der Waals surface area contributed by atoms with Gasteiger partial charge >= 0.3 is 12.1 Å². The van der Waals surface area contributed by atoms with E-state index in [1.165, 1.54) is 19.1 Å². The van der Waals surface area contributed by atoms with Crippen LogP contribution in [0, 0.1) is 0 Å². The summed E-state index contributed by atoms with van der Waals surface area (Å²) >= 11 is 0. The quantitative estimate of drug-likeness (QED) is 0.821. The average Bonchev–Trinajstić information content (AvgIpc) is 2.44. The Balaban J connectivity index is 3.05. The molecule has 1 aromatic rings. The topological polar surface area (TPSA) is 47.6 Å². The molecule has 0 radical (unpaired) electrons. The highest BCUT2D eigenvalue weighted by Crippen LogP contribution is 2.37. The zero-order chi connectivity index (χ0) is 16.0. The van der Waals surface area contributed by atoms with Gasteiger partial charge < -0.3 is 14.8 Å². The van der Waals surface area contributed by atoms with Crippen LogP contribution in [0.1, 0.15) is 25.0 Å². The number of nitrogens with one attached hydrogen (secondary N) is 1. The van der Waals surface area contributed by atoms with Crippen molar-refractivity contribution >= 4 is 5.97 Å². The summed E-state index contributed by atoms with van der Waals surface area (Å²) in [5.74, 6) is -1.12. The van der Waals surface area contributed by atoms with Crippen LogP contribution in [-0.2, 0) is 22.3 Å². The van der Waals surface area contributed by atoms with Gasteiger partial charge in [-0.1, -0.05) is 13.0 Å². The van der Waals surface area contributed by atoms with Crippen LogP contribution in [0.3, 0.4) is 0 Å². The maximum atomic E-state index is 13.1. The molecule has 0 aliphatic rings. The molecule has 0 fully saturated rings. The fourth-order valence-electron chi connectivity index (χ4n) is 1.69. The molecule has 0 heterocycles. The molecule has 0 aliphatic carbocycles. The second-order valence-corrected chi connectivity index (χ2v) is 4.39. The normalized spacial score (nSPS) is 12.9. The molecular formula is C14H18F3NO3. The fourth-order valence-corrected chi connectivity index (χ4v) is 1.69. The molecule has 21 heavy (non-hydrogen) atoms. The van der Waals surface area contributed by atoms with Gasteiger partial charge in [0, 0.05) is 6.54 Å². The van der Waals surface area contributed by atoms with Gasteiger partial charge in [-0.25, -0.2) is 4.79 Å². The van der Waals surface area contributed by atoms with E-state index in [0.717, 1.165) is 13.2 Å². The van der Waals surface area contributed by atoms with Crippen molar-refractivity contribution in [2.75, 3.05) is 13.7 Å². The number of methoxy groups -OCH3 is 1. The first-order chi connectivity index (χ1) is 9.79. The lowest BCUT2D eigenvalue weighted by molar-refractivity contribution is -0.150. The molecule has 1 unspecified atom stereocenters. The van der Waals surface area contributed by atoms with Crippen molar-refractivity contribution in [2.24, 2.45) is 0 Å². The molecule has 0 bridgehead atoms. The highest BCUT2D eigenvalue weighted by molar-refractivity contribution is 5.74. The Kier molecular flexibility index (Phi) is 6.02. The van der Waals surface area contributed by atoms with E-state index < -0.39 is 23.8 Å². The second kappa shape index (κ2) is 7.31. The smallest absolute Gasteiger partial charge is 0.419 e. The van der Waals surface area contributed by atoms with Crippen molar-refractivity contribution in [3.05, 3.63) is 29.3 Å². The summed E-state index contributed by atoms with van der Waals surface area (Å²) in [6.07, 6.45) is -5.68. The van der Waals surface area contributed by atoms with E-state index in [9.17, 15) is 18.0 Å². The van der Waals surface area contributed by atoms with Crippen LogP contribution in [0.4, 0.5) is 13.2 Å². The lowest BCUT2D eigenvalue weighted by Crippen LogP contribution is -2.26. The monoisotopic (exact) mass is 305 g/mol. The molecule has 0 amide bonds. The Labute approximate surface area is 121 Å². The third kappa shape index (κ3) is 4.93. The summed E-state index contributed by atoms with van der Waals surface area (Å²) in [4.78, 5) is 11.2. The van der Waals surface area contributed by atoms with Crippen LogP contribution in [0.15, 0.2) is 18.2 Å². The van der Waals surface area contributed by atoms with Crippen molar-refractivity contribution in [1.82, 2.24) is 5.32 Å². The van der Waals surface area contributed by atoms with Crippen LogP contribution in [0.25, 0.3) is 0 Å². The van der Waals surface area contributed by atoms with Crippen molar-refractivity contribution < 1.29 is 27.4 Å². The minimum Gasteiger partial charge on any atom is -0.478 e. The maximum Gasteiger partial charge on any atom is 0.419 e. The number of hydrogen-bond donors (Lipinski definition) is 1. The number of esters is 1. The van der Waals surface area contributed by atoms with Crippen LogP contribution < -0.4 is 10.1 Å². The van der Waals surface area contributed by atoms with Crippen LogP contribution in [0.5, 0.6) is 5.75 Å². The molecule has 0 aromatic heterocycles. The van der Waals surface area contributed by atoms with Gasteiger partial charge in [0.1, 0.15) is 5.75 Å². The fraction of sp³-hybridized carbons (Fsp3) is 0.500. The van der Waals surface area contributed by atoms with Crippen LogP contribution in [0.2, 0.25) is 0 Å². The summed E-state index contributed by atoms with van der Waals surface area (Å²) in [7, 11) is 1.15. The molecule has 1 rings (SSSR count). The van der Waals surface area contributed by atoms with Gasteiger partial charge in [-0.3, -0.25) is 0 Å². The highest BCUT2D eigenvalue weighted by Gasteiger charge is 2.35. The van der Waals surface area contributed by atoms with E-state index in [2.05, 4.69) is 10.1 Å². The van der Waals surface area contributed by atoms with E-state index in [1.807, 2.05) is 6.92 Å². The molecule has 4 nitrogen and oxygen atoms in total. The van der Waals surface area contributed by atoms with Gasteiger partial charge in [-0.15, -0.1) is 0 Å². The summed E-state index contributed by atoms with van der Waals surface area (Å²) in [6, 6.07) is 3.76. The number of carbonyl (C=O) groups excluding carboxylic acids is 1.